The van der Waals surface area contributed by atoms with E-state index in [0.29, 0.717) is 12.3 Å². The molecule has 0 saturated heterocycles. The van der Waals surface area contributed by atoms with Crippen LogP contribution in [0.2, 0.25) is 0 Å². The number of carbonyl (C=O) groups excluding carboxylic acids is 1. The maximum atomic E-state index is 11.8. The van der Waals surface area contributed by atoms with Gasteiger partial charge in [-0.2, -0.15) is 0 Å². The minimum absolute atomic E-state index is 0.107. The lowest BCUT2D eigenvalue weighted by molar-refractivity contribution is -0.139. The summed E-state index contributed by atoms with van der Waals surface area (Å²) in [7, 11) is 0. The van der Waals surface area contributed by atoms with Gasteiger partial charge in [0.2, 0.25) is 0 Å². The molecule has 3 aliphatic carbocycles. The van der Waals surface area contributed by atoms with Crippen LogP contribution in [-0.4, -0.2) is 22.3 Å². The minimum Gasteiger partial charge on any atom is -0.367 e. The molecule has 0 N–H and O–H groups in total. The third kappa shape index (κ3) is 2.02. The molecule has 0 aromatic carbocycles. The second-order valence-electron chi connectivity index (χ2n) is 5.67. The quantitative estimate of drug-likeness (QED) is 0.722. The monoisotopic (exact) mass is 276 g/mol. The Morgan fingerprint density at radius 3 is 2.59 bits per heavy atom. The number of carbonyl (C=O) groups is 1. The first-order valence-corrected chi connectivity index (χ1v) is 7.40. The molecule has 96 valence electrons. The first-order valence-electron chi connectivity index (χ1n) is 6.65. The summed E-state index contributed by atoms with van der Waals surface area (Å²) in [6.45, 7) is 0. The summed E-state index contributed by atoms with van der Waals surface area (Å²) in [5, 5.41) is 0. The van der Waals surface area contributed by atoms with Crippen molar-refractivity contribution in [2.24, 2.45) is 11.8 Å². The number of rotatable bonds is 2. The summed E-state index contributed by atoms with van der Waals surface area (Å²) < 4.78 is 5.41. The third-order valence-electron chi connectivity index (χ3n) is 4.67. The van der Waals surface area contributed by atoms with E-state index < -0.39 is 4.33 Å². The Labute approximate surface area is 112 Å². The number of Topliss-reactive ketones (excluding diaryl/α,β-unsaturated/α-hetero) is 1. The fourth-order valence-corrected chi connectivity index (χ4v) is 4.57. The van der Waals surface area contributed by atoms with E-state index >= 15 is 0 Å². The molecule has 17 heavy (non-hydrogen) atoms. The number of ketones is 1. The Balaban J connectivity index is 1.65. The molecular formula is C13H18Cl2O2. The van der Waals surface area contributed by atoms with E-state index in [4.69, 9.17) is 27.9 Å². The Hall–Kier alpha value is 0.210. The number of hydrogen-bond donors (Lipinski definition) is 0. The van der Waals surface area contributed by atoms with Crippen LogP contribution in [-0.2, 0) is 9.53 Å². The van der Waals surface area contributed by atoms with E-state index in [-0.39, 0.29) is 23.9 Å². The number of fused-ring (bicyclic) bond motifs is 2. The molecule has 2 bridgehead atoms. The molecule has 0 aromatic rings. The van der Waals surface area contributed by atoms with E-state index in [2.05, 4.69) is 0 Å². The summed E-state index contributed by atoms with van der Waals surface area (Å²) >= 11 is 12.8. The fraction of sp³-hybridized carbons (Fsp3) is 0.923. The molecule has 3 saturated carbocycles. The number of hydrogen-bond acceptors (Lipinski definition) is 2. The SMILES string of the molecule is O=C1CCCCC1OC1CC2CCC1C2(Cl)Cl. The van der Waals surface area contributed by atoms with Gasteiger partial charge in [-0.05, 0) is 44.4 Å². The maximum Gasteiger partial charge on any atom is 0.161 e. The van der Waals surface area contributed by atoms with Crippen molar-refractivity contribution in [2.75, 3.05) is 0 Å². The van der Waals surface area contributed by atoms with Gasteiger partial charge >= 0.3 is 0 Å². The highest BCUT2D eigenvalue weighted by atomic mass is 35.5. The van der Waals surface area contributed by atoms with Gasteiger partial charge in [-0.1, -0.05) is 0 Å². The van der Waals surface area contributed by atoms with Crippen LogP contribution in [0.25, 0.3) is 0 Å². The van der Waals surface area contributed by atoms with Gasteiger partial charge < -0.3 is 4.74 Å². The highest BCUT2D eigenvalue weighted by Crippen LogP contribution is 2.59. The average molecular weight is 277 g/mol. The second-order valence-corrected chi connectivity index (χ2v) is 7.11. The Morgan fingerprint density at radius 2 is 2.00 bits per heavy atom. The van der Waals surface area contributed by atoms with Gasteiger partial charge in [0.15, 0.2) is 5.78 Å². The van der Waals surface area contributed by atoms with Crippen LogP contribution in [0.3, 0.4) is 0 Å². The van der Waals surface area contributed by atoms with Crippen LogP contribution >= 0.6 is 23.2 Å². The molecule has 4 heteroatoms. The van der Waals surface area contributed by atoms with Gasteiger partial charge in [0.05, 0.1) is 6.10 Å². The standard InChI is InChI=1S/C13H18Cl2O2/c14-13(15)8-5-6-9(13)12(7-8)17-11-4-2-1-3-10(11)16/h8-9,11-12H,1-7H2. The van der Waals surface area contributed by atoms with E-state index in [9.17, 15) is 4.79 Å². The minimum atomic E-state index is -0.609. The highest BCUT2D eigenvalue weighted by Gasteiger charge is 2.58. The molecule has 0 spiro atoms. The molecule has 3 aliphatic rings. The van der Waals surface area contributed by atoms with Crippen molar-refractivity contribution in [3.05, 3.63) is 0 Å². The number of halogens is 2. The van der Waals surface area contributed by atoms with Gasteiger partial charge in [-0.15, -0.1) is 23.2 Å². The maximum absolute atomic E-state index is 11.8. The zero-order chi connectivity index (χ0) is 12.0. The van der Waals surface area contributed by atoms with Crippen molar-refractivity contribution in [2.45, 2.75) is 61.5 Å². The van der Waals surface area contributed by atoms with Crippen molar-refractivity contribution in [3.8, 4) is 0 Å². The first-order chi connectivity index (χ1) is 8.09. The summed E-state index contributed by atoms with van der Waals surface area (Å²) in [6, 6.07) is 0. The topological polar surface area (TPSA) is 26.3 Å². The molecular weight excluding hydrogens is 259 g/mol. The molecule has 3 rings (SSSR count). The van der Waals surface area contributed by atoms with Crippen LogP contribution in [0.5, 0.6) is 0 Å². The molecule has 0 aliphatic heterocycles. The van der Waals surface area contributed by atoms with Crippen LogP contribution in [0.15, 0.2) is 0 Å². The molecule has 0 heterocycles. The largest absolute Gasteiger partial charge is 0.367 e. The zero-order valence-corrected chi connectivity index (χ0v) is 11.3. The van der Waals surface area contributed by atoms with Crippen LogP contribution < -0.4 is 0 Å². The Bertz CT molecular complexity index is 329. The van der Waals surface area contributed by atoms with Crippen LogP contribution in [0.4, 0.5) is 0 Å². The summed E-state index contributed by atoms with van der Waals surface area (Å²) in [6.07, 6.45) is 6.69. The van der Waals surface area contributed by atoms with E-state index in [1.807, 2.05) is 0 Å². The predicted molar refractivity (Wildman–Crippen MR) is 67.4 cm³/mol. The van der Waals surface area contributed by atoms with Gasteiger partial charge in [-0.25, -0.2) is 0 Å². The summed E-state index contributed by atoms with van der Waals surface area (Å²) in [5.74, 6) is 0.860. The van der Waals surface area contributed by atoms with Gasteiger partial charge in [0.1, 0.15) is 10.4 Å². The van der Waals surface area contributed by atoms with E-state index in [0.717, 1.165) is 38.5 Å². The van der Waals surface area contributed by atoms with Crippen LogP contribution in [0.1, 0.15) is 44.9 Å². The normalized spacial score (nSPS) is 44.2. The molecule has 4 atom stereocenters. The second kappa shape index (κ2) is 4.40. The summed E-state index contributed by atoms with van der Waals surface area (Å²) in [5.41, 5.74) is 0. The van der Waals surface area contributed by atoms with Gasteiger partial charge in [-0.3, -0.25) is 4.79 Å². The Kier molecular flexibility index (Phi) is 3.17. The fourth-order valence-electron chi connectivity index (χ4n) is 3.68. The first kappa shape index (κ1) is 12.3. The van der Waals surface area contributed by atoms with Crippen molar-refractivity contribution < 1.29 is 9.53 Å². The lowest BCUT2D eigenvalue weighted by atomic mass is 9.94. The van der Waals surface area contributed by atoms with Crippen LogP contribution in [0, 0.1) is 11.8 Å². The summed E-state index contributed by atoms with van der Waals surface area (Å²) in [4.78, 5) is 11.8. The average Bonchev–Trinajstić information content (AvgIpc) is 2.70. The van der Waals surface area contributed by atoms with Gasteiger partial charge in [0.25, 0.3) is 0 Å². The van der Waals surface area contributed by atoms with Crippen molar-refractivity contribution in [3.63, 3.8) is 0 Å². The van der Waals surface area contributed by atoms with Gasteiger partial charge in [0, 0.05) is 12.3 Å². The van der Waals surface area contributed by atoms with E-state index in [1.54, 1.807) is 0 Å². The molecule has 4 unspecified atom stereocenters. The van der Waals surface area contributed by atoms with Crippen molar-refractivity contribution in [1.82, 2.24) is 0 Å². The lowest BCUT2D eigenvalue weighted by Gasteiger charge is -2.29. The smallest absolute Gasteiger partial charge is 0.161 e. The molecule has 0 amide bonds. The van der Waals surface area contributed by atoms with Crippen molar-refractivity contribution in [1.29, 1.82) is 0 Å². The zero-order valence-electron chi connectivity index (χ0n) is 9.83. The Morgan fingerprint density at radius 1 is 1.18 bits per heavy atom. The predicted octanol–water partition coefficient (Wildman–Crippen LogP) is 3.49. The number of alkyl halides is 2. The third-order valence-corrected chi connectivity index (χ3v) is 5.85. The molecule has 0 aromatic heterocycles. The van der Waals surface area contributed by atoms with E-state index in [1.165, 1.54) is 0 Å². The highest BCUT2D eigenvalue weighted by molar-refractivity contribution is 6.49. The molecule has 2 nitrogen and oxygen atoms in total. The molecule has 0 radical (unpaired) electrons. The molecule has 3 fully saturated rings. The lowest BCUT2D eigenvalue weighted by Crippen LogP contribution is -2.35. The number of ether oxygens (including phenoxy) is 1. The van der Waals surface area contributed by atoms with Crippen molar-refractivity contribution >= 4 is 29.0 Å².